The fourth-order valence-corrected chi connectivity index (χ4v) is 2.37. The average Bonchev–Trinajstić information content (AvgIpc) is 2.23. The average molecular weight is 285 g/mol. The van der Waals surface area contributed by atoms with Gasteiger partial charge in [0.1, 0.15) is 0 Å². The second-order valence-corrected chi connectivity index (χ2v) is 5.30. The van der Waals surface area contributed by atoms with Crippen LogP contribution in [0.5, 0.6) is 0 Å². The second-order valence-electron chi connectivity index (χ2n) is 3.88. The Labute approximate surface area is 102 Å². The van der Waals surface area contributed by atoms with Gasteiger partial charge in [-0.2, -0.15) is 8.42 Å². The normalized spacial score (nSPS) is 13.6. The number of nitrogens with two attached hydrogens (primary N) is 1. The van der Waals surface area contributed by atoms with E-state index in [0.29, 0.717) is 0 Å². The first-order valence-electron chi connectivity index (χ1n) is 4.98. The van der Waals surface area contributed by atoms with Crippen molar-refractivity contribution < 1.29 is 25.5 Å². The lowest BCUT2D eigenvalue weighted by Gasteiger charge is -2.12. The first-order chi connectivity index (χ1) is 8.23. The van der Waals surface area contributed by atoms with E-state index < -0.39 is 39.3 Å². The molecule has 0 saturated carbocycles. The highest BCUT2D eigenvalue weighted by atomic mass is 32.3. The van der Waals surface area contributed by atoms with E-state index in [2.05, 4.69) is 0 Å². The highest BCUT2D eigenvalue weighted by Gasteiger charge is 2.19. The minimum absolute atomic E-state index is 0.0190. The molecular weight excluding hydrogens is 274 g/mol. The van der Waals surface area contributed by atoms with Crippen molar-refractivity contribution in [1.82, 2.24) is 0 Å². The molecule has 0 bridgehead atoms. The predicted molar refractivity (Wildman–Crippen MR) is 57.5 cm³/mol. The van der Waals surface area contributed by atoms with Gasteiger partial charge in [0.25, 0.3) is 0 Å². The molecule has 1 rings (SSSR count). The van der Waals surface area contributed by atoms with E-state index in [4.69, 9.17) is 5.73 Å². The van der Waals surface area contributed by atoms with Crippen LogP contribution in [0.2, 0.25) is 0 Å². The largest absolute Gasteiger partial charge is 0.330 e. The van der Waals surface area contributed by atoms with E-state index in [1.54, 1.807) is 0 Å². The molecule has 0 amide bonds. The summed E-state index contributed by atoms with van der Waals surface area (Å²) in [5.74, 6) is -6.05. The summed E-state index contributed by atoms with van der Waals surface area (Å²) in [6.07, 6.45) is -0.159. The second kappa shape index (κ2) is 5.66. The van der Waals surface area contributed by atoms with Crippen LogP contribution in [-0.4, -0.2) is 20.7 Å². The highest BCUT2D eigenvalue weighted by molar-refractivity contribution is 7.86. The molecule has 1 atom stereocenters. The van der Waals surface area contributed by atoms with Crippen molar-refractivity contribution in [2.75, 3.05) is 12.3 Å². The molecule has 0 fully saturated rings. The zero-order chi connectivity index (χ0) is 13.9. The van der Waals surface area contributed by atoms with Crippen molar-refractivity contribution in [2.24, 2.45) is 11.7 Å². The van der Waals surface area contributed by atoms with Gasteiger partial charge in [-0.25, -0.2) is 13.2 Å². The van der Waals surface area contributed by atoms with Gasteiger partial charge in [-0.15, -0.1) is 3.89 Å². The number of rotatable bonds is 5. The maximum atomic E-state index is 12.9. The standard InChI is InChI=1S/C10H11F4NO2S/c11-8-2-6(3-9(12)10(8)13)1-7(4-15)5-18(14,16)17/h2-3,7H,1,4-5,15H2. The minimum Gasteiger partial charge on any atom is -0.330 e. The zero-order valence-corrected chi connectivity index (χ0v) is 9.98. The zero-order valence-electron chi connectivity index (χ0n) is 9.17. The molecule has 0 spiro atoms. The van der Waals surface area contributed by atoms with Crippen LogP contribution in [0.1, 0.15) is 5.56 Å². The van der Waals surface area contributed by atoms with Gasteiger partial charge in [-0.05, 0) is 36.6 Å². The summed E-state index contributed by atoms with van der Waals surface area (Å²) in [4.78, 5) is 0. The highest BCUT2D eigenvalue weighted by Crippen LogP contribution is 2.17. The quantitative estimate of drug-likeness (QED) is 0.507. The third-order valence-corrected chi connectivity index (χ3v) is 3.21. The van der Waals surface area contributed by atoms with E-state index >= 15 is 0 Å². The van der Waals surface area contributed by atoms with Gasteiger partial charge in [0.2, 0.25) is 0 Å². The molecular formula is C10H11F4NO2S. The topological polar surface area (TPSA) is 60.2 Å². The number of benzene rings is 1. The molecule has 1 unspecified atom stereocenters. The molecule has 0 heterocycles. The van der Waals surface area contributed by atoms with Gasteiger partial charge in [-0.3, -0.25) is 0 Å². The lowest BCUT2D eigenvalue weighted by molar-refractivity contribution is 0.443. The summed E-state index contributed by atoms with van der Waals surface area (Å²) in [6.45, 7) is -0.177. The van der Waals surface area contributed by atoms with Crippen LogP contribution in [0.3, 0.4) is 0 Å². The SMILES string of the molecule is NCC(Cc1cc(F)c(F)c(F)c1)CS(=O)(=O)F. The molecule has 102 valence electrons. The maximum absolute atomic E-state index is 12.9. The number of hydrogen-bond donors (Lipinski definition) is 1. The molecule has 8 heteroatoms. The molecule has 0 radical (unpaired) electrons. The Balaban J connectivity index is 2.89. The van der Waals surface area contributed by atoms with Gasteiger partial charge >= 0.3 is 10.2 Å². The third-order valence-electron chi connectivity index (χ3n) is 2.34. The van der Waals surface area contributed by atoms with Gasteiger partial charge in [0.15, 0.2) is 17.5 Å². The van der Waals surface area contributed by atoms with Gasteiger partial charge in [0.05, 0.1) is 5.75 Å². The summed E-state index contributed by atoms with van der Waals surface area (Å²) in [5.41, 5.74) is 5.26. The Hall–Kier alpha value is -1.15. The first-order valence-corrected chi connectivity index (χ1v) is 6.54. The van der Waals surface area contributed by atoms with Crippen molar-refractivity contribution in [3.63, 3.8) is 0 Å². The molecule has 0 aliphatic rings. The summed E-state index contributed by atoms with van der Waals surface area (Å²) >= 11 is 0. The van der Waals surface area contributed by atoms with Crippen LogP contribution in [0.15, 0.2) is 12.1 Å². The molecule has 0 aliphatic heterocycles. The molecule has 2 N–H and O–H groups in total. The van der Waals surface area contributed by atoms with Crippen LogP contribution in [0.4, 0.5) is 17.1 Å². The third kappa shape index (κ3) is 4.26. The fourth-order valence-electron chi connectivity index (χ4n) is 1.55. The lowest BCUT2D eigenvalue weighted by Crippen LogP contribution is -2.24. The van der Waals surface area contributed by atoms with E-state index in [9.17, 15) is 25.5 Å². The molecule has 1 aromatic rings. The molecule has 18 heavy (non-hydrogen) atoms. The summed E-state index contributed by atoms with van der Waals surface area (Å²) < 4.78 is 71.8. The van der Waals surface area contributed by atoms with Crippen molar-refractivity contribution >= 4 is 10.2 Å². The molecule has 0 aromatic heterocycles. The lowest BCUT2D eigenvalue weighted by atomic mass is 10.0. The van der Waals surface area contributed by atoms with Gasteiger partial charge < -0.3 is 5.73 Å². The Morgan fingerprint density at radius 2 is 1.67 bits per heavy atom. The van der Waals surface area contributed by atoms with Crippen molar-refractivity contribution in [1.29, 1.82) is 0 Å². The molecule has 3 nitrogen and oxygen atoms in total. The Morgan fingerprint density at radius 1 is 1.17 bits per heavy atom. The summed E-state index contributed by atoms with van der Waals surface area (Å²) in [5, 5.41) is 0. The fraction of sp³-hybridized carbons (Fsp3) is 0.400. The van der Waals surface area contributed by atoms with Crippen LogP contribution >= 0.6 is 0 Å². The van der Waals surface area contributed by atoms with Crippen molar-refractivity contribution in [2.45, 2.75) is 6.42 Å². The van der Waals surface area contributed by atoms with E-state index in [0.717, 1.165) is 12.1 Å². The predicted octanol–water partition coefficient (Wildman–Crippen LogP) is 1.52. The maximum Gasteiger partial charge on any atom is 0.302 e. The molecule has 0 saturated heterocycles. The first kappa shape index (κ1) is 14.9. The number of hydrogen-bond acceptors (Lipinski definition) is 3. The van der Waals surface area contributed by atoms with Crippen LogP contribution in [0.25, 0.3) is 0 Å². The van der Waals surface area contributed by atoms with Crippen molar-refractivity contribution in [3.8, 4) is 0 Å². The molecule has 0 aliphatic carbocycles. The molecule has 1 aromatic carbocycles. The Morgan fingerprint density at radius 3 is 2.06 bits per heavy atom. The monoisotopic (exact) mass is 285 g/mol. The van der Waals surface area contributed by atoms with Gasteiger partial charge in [0, 0.05) is 0 Å². The van der Waals surface area contributed by atoms with Crippen LogP contribution < -0.4 is 5.73 Å². The smallest absolute Gasteiger partial charge is 0.302 e. The Bertz CT molecular complexity index is 510. The van der Waals surface area contributed by atoms with E-state index in [1.165, 1.54) is 0 Å². The summed E-state index contributed by atoms with van der Waals surface area (Å²) in [6, 6.07) is 1.46. The van der Waals surface area contributed by atoms with Crippen LogP contribution in [-0.2, 0) is 16.6 Å². The Kier molecular flexibility index (Phi) is 4.69. The minimum atomic E-state index is -4.73. The van der Waals surface area contributed by atoms with E-state index in [1.807, 2.05) is 0 Å². The van der Waals surface area contributed by atoms with Crippen LogP contribution in [0, 0.1) is 23.4 Å². The van der Waals surface area contributed by atoms with Crippen molar-refractivity contribution in [3.05, 3.63) is 35.1 Å². The summed E-state index contributed by atoms with van der Waals surface area (Å²) in [7, 11) is -4.73. The number of halogens is 4. The van der Waals surface area contributed by atoms with Gasteiger partial charge in [-0.1, -0.05) is 0 Å². The van der Waals surface area contributed by atoms with E-state index in [-0.39, 0.29) is 18.5 Å².